The molecule has 3 aromatic heterocycles. The topological polar surface area (TPSA) is 120 Å². The van der Waals surface area contributed by atoms with Crippen LogP contribution >= 0.6 is 0 Å². The molecular formula is C48H34N8O2. The van der Waals surface area contributed by atoms with Crippen LogP contribution in [0.2, 0.25) is 0 Å². The Balaban J connectivity index is 1.17. The number of hydrogen-bond acceptors (Lipinski definition) is 8. The van der Waals surface area contributed by atoms with Crippen molar-refractivity contribution in [1.29, 1.82) is 0 Å². The lowest BCUT2D eigenvalue weighted by Crippen LogP contribution is -2.29. The number of benzene rings is 6. The minimum absolute atomic E-state index is 0.332. The molecule has 2 amide bonds. The Bertz CT molecular complexity index is 2950. The van der Waals surface area contributed by atoms with Gasteiger partial charge < -0.3 is 4.57 Å². The molecule has 6 aromatic carbocycles. The second-order valence-electron chi connectivity index (χ2n) is 14.5. The van der Waals surface area contributed by atoms with Crippen LogP contribution in [-0.4, -0.2) is 46.3 Å². The standard InChI is InChI=1S/C48H34N8O2/c1-27-49-28(2)52-45(51-27)33-18-20-41-39(25-33)40-26-34(46-53-29(3)50-30(4)54-46)19-21-42(40)56(41)43-17-11-16-38-44(43)48(58)55(47(38)57)37-23-35(31-12-7-5-8-13-31)22-36(24-37)32-14-9-6-10-15-32/h5-26H,1-4H3. The lowest BCUT2D eigenvalue weighted by atomic mass is 9.97. The van der Waals surface area contributed by atoms with E-state index in [1.54, 1.807) is 6.07 Å². The van der Waals surface area contributed by atoms with Crippen LogP contribution in [0.25, 0.3) is 72.5 Å². The monoisotopic (exact) mass is 754 g/mol. The Labute approximate surface area is 333 Å². The third-order valence-corrected chi connectivity index (χ3v) is 10.5. The van der Waals surface area contributed by atoms with E-state index in [0.29, 0.717) is 57.4 Å². The maximum Gasteiger partial charge on any atom is 0.268 e. The largest absolute Gasteiger partial charge is 0.308 e. The maximum absolute atomic E-state index is 14.9. The van der Waals surface area contributed by atoms with E-state index >= 15 is 0 Å². The third kappa shape index (κ3) is 5.81. The molecule has 9 aromatic rings. The Kier molecular flexibility index (Phi) is 8.08. The van der Waals surface area contributed by atoms with Gasteiger partial charge in [0, 0.05) is 21.9 Å². The zero-order valence-electron chi connectivity index (χ0n) is 32.1. The summed E-state index contributed by atoms with van der Waals surface area (Å²) in [4.78, 5) is 58.1. The second kappa shape index (κ2) is 13.5. The summed E-state index contributed by atoms with van der Waals surface area (Å²) in [5.41, 5.74) is 8.84. The van der Waals surface area contributed by atoms with Gasteiger partial charge in [-0.2, -0.15) is 0 Å². The highest BCUT2D eigenvalue weighted by Crippen LogP contribution is 2.41. The zero-order chi connectivity index (χ0) is 39.7. The number of imide groups is 1. The third-order valence-electron chi connectivity index (χ3n) is 10.5. The molecule has 10 heteroatoms. The average Bonchev–Trinajstić information content (AvgIpc) is 3.70. The Hall–Kier alpha value is -7.72. The number of nitrogens with zero attached hydrogens (tertiary/aromatic N) is 8. The van der Waals surface area contributed by atoms with E-state index in [-0.39, 0.29) is 5.91 Å². The van der Waals surface area contributed by atoms with Crippen LogP contribution in [0, 0.1) is 27.7 Å². The van der Waals surface area contributed by atoms with E-state index in [1.165, 1.54) is 4.90 Å². The van der Waals surface area contributed by atoms with Crippen molar-refractivity contribution >= 4 is 39.3 Å². The first-order chi connectivity index (χ1) is 28.2. The molecule has 0 unspecified atom stereocenters. The molecule has 0 N–H and O–H groups in total. The van der Waals surface area contributed by atoms with E-state index in [0.717, 1.165) is 55.2 Å². The van der Waals surface area contributed by atoms with E-state index in [1.807, 2.05) is 137 Å². The van der Waals surface area contributed by atoms with E-state index < -0.39 is 5.91 Å². The Morgan fingerprint density at radius 2 is 0.897 bits per heavy atom. The van der Waals surface area contributed by atoms with Crippen molar-refractivity contribution in [2.45, 2.75) is 27.7 Å². The Morgan fingerprint density at radius 1 is 0.414 bits per heavy atom. The van der Waals surface area contributed by atoms with Crippen LogP contribution in [-0.2, 0) is 0 Å². The predicted molar refractivity (Wildman–Crippen MR) is 226 cm³/mol. The van der Waals surface area contributed by atoms with Crippen LogP contribution in [0.1, 0.15) is 44.0 Å². The molecule has 0 atom stereocenters. The van der Waals surface area contributed by atoms with E-state index in [9.17, 15) is 9.59 Å². The van der Waals surface area contributed by atoms with Gasteiger partial charge in [0.25, 0.3) is 11.8 Å². The lowest BCUT2D eigenvalue weighted by molar-refractivity contribution is 0.0926. The number of rotatable bonds is 6. The number of anilines is 1. The first-order valence-electron chi connectivity index (χ1n) is 19.0. The van der Waals surface area contributed by atoms with Crippen LogP contribution < -0.4 is 4.90 Å². The molecule has 1 aliphatic rings. The van der Waals surface area contributed by atoms with Gasteiger partial charge in [0.1, 0.15) is 23.3 Å². The molecule has 0 bridgehead atoms. The molecule has 58 heavy (non-hydrogen) atoms. The first kappa shape index (κ1) is 34.7. The molecule has 278 valence electrons. The van der Waals surface area contributed by atoms with Gasteiger partial charge in [-0.25, -0.2) is 34.8 Å². The van der Waals surface area contributed by atoms with Crippen LogP contribution in [0.3, 0.4) is 0 Å². The highest BCUT2D eigenvalue weighted by molar-refractivity contribution is 6.36. The molecule has 0 fully saturated rings. The van der Waals surface area contributed by atoms with Crippen molar-refractivity contribution < 1.29 is 9.59 Å². The molecule has 4 heterocycles. The lowest BCUT2D eigenvalue weighted by Gasteiger charge is -2.18. The van der Waals surface area contributed by atoms with Gasteiger partial charge in [0.2, 0.25) is 0 Å². The van der Waals surface area contributed by atoms with Crippen molar-refractivity contribution in [3.63, 3.8) is 0 Å². The van der Waals surface area contributed by atoms with Gasteiger partial charge in [0.15, 0.2) is 11.6 Å². The summed E-state index contributed by atoms with van der Waals surface area (Å²) in [6, 6.07) is 43.5. The summed E-state index contributed by atoms with van der Waals surface area (Å²) in [5.74, 6) is 2.88. The van der Waals surface area contributed by atoms with Crippen molar-refractivity contribution in [3.8, 4) is 50.7 Å². The highest BCUT2D eigenvalue weighted by atomic mass is 16.2. The van der Waals surface area contributed by atoms with Crippen LogP contribution in [0.15, 0.2) is 133 Å². The molecule has 0 spiro atoms. The summed E-state index contributed by atoms with van der Waals surface area (Å²) in [7, 11) is 0. The molecule has 0 saturated carbocycles. The van der Waals surface area contributed by atoms with Crippen molar-refractivity contribution in [2.75, 3.05) is 4.90 Å². The fraction of sp³-hybridized carbons (Fsp3) is 0.0833. The molecular weight excluding hydrogens is 721 g/mol. The summed E-state index contributed by atoms with van der Waals surface area (Å²) in [6.07, 6.45) is 0. The Morgan fingerprint density at radius 3 is 1.38 bits per heavy atom. The smallest absolute Gasteiger partial charge is 0.268 e. The zero-order valence-corrected chi connectivity index (χ0v) is 32.1. The molecule has 10 rings (SSSR count). The SMILES string of the molecule is Cc1nc(C)nc(-c2ccc3c(c2)c2cc(-c4nc(C)nc(C)n4)ccc2n3-c2cccc3c2C(=O)N(c2cc(-c4ccccc4)cc(-c4ccccc4)c2)C3=O)n1. The molecule has 0 aliphatic carbocycles. The summed E-state index contributed by atoms with van der Waals surface area (Å²) in [6.45, 7) is 7.41. The number of aromatic nitrogens is 7. The van der Waals surface area contributed by atoms with Crippen LogP contribution in [0.4, 0.5) is 5.69 Å². The molecule has 1 aliphatic heterocycles. The predicted octanol–water partition coefficient (Wildman–Crippen LogP) is 9.86. The normalized spacial score (nSPS) is 12.5. The van der Waals surface area contributed by atoms with Crippen molar-refractivity contribution in [3.05, 3.63) is 168 Å². The first-order valence-corrected chi connectivity index (χ1v) is 19.0. The van der Waals surface area contributed by atoms with Gasteiger partial charge in [-0.1, -0.05) is 66.7 Å². The quantitative estimate of drug-likeness (QED) is 0.154. The van der Waals surface area contributed by atoms with Gasteiger partial charge in [-0.15, -0.1) is 0 Å². The van der Waals surface area contributed by atoms with Crippen LogP contribution in [0.5, 0.6) is 0 Å². The summed E-state index contributed by atoms with van der Waals surface area (Å²) >= 11 is 0. The molecule has 0 saturated heterocycles. The second-order valence-corrected chi connectivity index (χ2v) is 14.5. The van der Waals surface area contributed by atoms with Gasteiger partial charge >= 0.3 is 0 Å². The molecule has 0 radical (unpaired) electrons. The number of carbonyl (C=O) groups excluding carboxylic acids is 2. The van der Waals surface area contributed by atoms with E-state index in [2.05, 4.69) is 52.7 Å². The fourth-order valence-electron chi connectivity index (χ4n) is 8.07. The van der Waals surface area contributed by atoms with Crippen molar-refractivity contribution in [1.82, 2.24) is 34.5 Å². The fourth-order valence-corrected chi connectivity index (χ4v) is 8.07. The summed E-state index contributed by atoms with van der Waals surface area (Å²) in [5, 5.41) is 1.81. The van der Waals surface area contributed by atoms with Gasteiger partial charge in [-0.3, -0.25) is 9.59 Å². The van der Waals surface area contributed by atoms with E-state index in [4.69, 9.17) is 0 Å². The molecule has 10 nitrogen and oxygen atoms in total. The summed E-state index contributed by atoms with van der Waals surface area (Å²) < 4.78 is 2.06. The maximum atomic E-state index is 14.9. The number of aryl methyl sites for hydroxylation is 4. The number of amides is 2. The van der Waals surface area contributed by atoms with Gasteiger partial charge in [-0.05, 0) is 117 Å². The minimum Gasteiger partial charge on any atom is -0.308 e. The highest BCUT2D eigenvalue weighted by Gasteiger charge is 2.40. The average molecular weight is 755 g/mol. The van der Waals surface area contributed by atoms with Crippen molar-refractivity contribution in [2.24, 2.45) is 0 Å². The number of fused-ring (bicyclic) bond motifs is 4. The minimum atomic E-state index is -0.393. The number of carbonyl (C=O) groups is 2. The number of hydrogen-bond donors (Lipinski definition) is 0. The van der Waals surface area contributed by atoms with Gasteiger partial charge in [0.05, 0.1) is 33.5 Å².